The summed E-state index contributed by atoms with van der Waals surface area (Å²) < 4.78 is 0. The third-order valence-corrected chi connectivity index (χ3v) is 5.18. The zero-order valence-corrected chi connectivity index (χ0v) is 17.0. The van der Waals surface area contributed by atoms with Crippen LogP contribution in [0.15, 0.2) is 84.9 Å². The molecule has 1 aliphatic rings. The van der Waals surface area contributed by atoms with Gasteiger partial charge in [0.05, 0.1) is 11.4 Å². The van der Waals surface area contributed by atoms with Crippen molar-refractivity contribution >= 4 is 34.9 Å². The van der Waals surface area contributed by atoms with E-state index in [0.29, 0.717) is 16.9 Å². The molecule has 1 saturated heterocycles. The van der Waals surface area contributed by atoms with E-state index in [2.05, 4.69) is 16.0 Å². The van der Waals surface area contributed by atoms with Gasteiger partial charge in [0, 0.05) is 5.69 Å². The van der Waals surface area contributed by atoms with Crippen LogP contribution in [0, 0.1) is 0 Å². The highest BCUT2D eigenvalue weighted by molar-refractivity contribution is 6.10. The molecule has 1 heterocycles. The lowest BCUT2D eigenvalue weighted by Gasteiger charge is -2.22. The quantitative estimate of drug-likeness (QED) is 0.535. The minimum atomic E-state index is -1.20. The Morgan fingerprint density at radius 3 is 2.13 bits per heavy atom. The first-order valence-corrected chi connectivity index (χ1v) is 9.88. The van der Waals surface area contributed by atoms with E-state index >= 15 is 0 Å². The van der Waals surface area contributed by atoms with E-state index in [1.165, 1.54) is 0 Å². The van der Waals surface area contributed by atoms with Crippen molar-refractivity contribution in [3.05, 3.63) is 90.5 Å². The van der Waals surface area contributed by atoms with Gasteiger partial charge in [-0.2, -0.15) is 0 Å². The Morgan fingerprint density at radius 2 is 1.45 bits per heavy atom. The molecule has 7 heteroatoms. The minimum absolute atomic E-state index is 0.382. The third kappa shape index (κ3) is 4.11. The van der Waals surface area contributed by atoms with Crippen molar-refractivity contribution in [1.82, 2.24) is 10.2 Å². The molecule has 1 atom stereocenters. The second-order valence-corrected chi connectivity index (χ2v) is 7.40. The molecule has 7 nitrogen and oxygen atoms in total. The average molecular weight is 414 g/mol. The van der Waals surface area contributed by atoms with Gasteiger partial charge in [-0.3, -0.25) is 14.5 Å². The van der Waals surface area contributed by atoms with Crippen LogP contribution in [0.3, 0.4) is 0 Å². The van der Waals surface area contributed by atoms with Crippen molar-refractivity contribution < 1.29 is 14.4 Å². The van der Waals surface area contributed by atoms with Crippen LogP contribution in [0.4, 0.5) is 21.9 Å². The summed E-state index contributed by atoms with van der Waals surface area (Å²) in [7, 11) is 0. The number of para-hydroxylation sites is 3. The summed E-state index contributed by atoms with van der Waals surface area (Å²) in [4.78, 5) is 39.1. The van der Waals surface area contributed by atoms with Crippen LogP contribution in [0.2, 0.25) is 0 Å². The van der Waals surface area contributed by atoms with Crippen LogP contribution in [0.1, 0.15) is 12.5 Å². The molecule has 0 spiro atoms. The van der Waals surface area contributed by atoms with Crippen LogP contribution < -0.4 is 16.0 Å². The molecule has 3 aromatic rings. The second-order valence-electron chi connectivity index (χ2n) is 7.40. The van der Waals surface area contributed by atoms with Crippen LogP contribution in [0.25, 0.3) is 0 Å². The number of nitrogens with one attached hydrogen (secondary N) is 3. The molecule has 4 amide bonds. The largest absolute Gasteiger partial charge is 0.354 e. The number of amides is 4. The van der Waals surface area contributed by atoms with Crippen molar-refractivity contribution in [2.45, 2.75) is 12.5 Å². The van der Waals surface area contributed by atoms with Gasteiger partial charge in [0.25, 0.3) is 5.91 Å². The number of benzene rings is 3. The van der Waals surface area contributed by atoms with E-state index in [1.807, 2.05) is 48.5 Å². The maximum absolute atomic E-state index is 13.0. The summed E-state index contributed by atoms with van der Waals surface area (Å²) in [5.74, 6) is -0.933. The van der Waals surface area contributed by atoms with Crippen LogP contribution in [-0.2, 0) is 15.1 Å². The maximum atomic E-state index is 13.0. The highest BCUT2D eigenvalue weighted by Crippen LogP contribution is 2.29. The van der Waals surface area contributed by atoms with Crippen LogP contribution in [-0.4, -0.2) is 29.3 Å². The number of hydrogen-bond acceptors (Lipinski definition) is 4. The molecule has 156 valence electrons. The summed E-state index contributed by atoms with van der Waals surface area (Å²) in [5, 5.41) is 8.74. The Morgan fingerprint density at radius 1 is 0.871 bits per heavy atom. The first kappa shape index (κ1) is 20.2. The van der Waals surface area contributed by atoms with E-state index < -0.39 is 23.4 Å². The smallest absolute Gasteiger partial charge is 0.325 e. The van der Waals surface area contributed by atoms with Gasteiger partial charge in [0.15, 0.2) is 0 Å². The number of anilines is 3. The minimum Gasteiger partial charge on any atom is -0.354 e. The van der Waals surface area contributed by atoms with E-state index in [9.17, 15) is 14.4 Å². The topological polar surface area (TPSA) is 90.5 Å². The molecule has 3 aromatic carbocycles. The predicted molar refractivity (Wildman–Crippen MR) is 119 cm³/mol. The fraction of sp³-hybridized carbons (Fsp3) is 0.125. The highest BCUT2D eigenvalue weighted by atomic mass is 16.2. The summed E-state index contributed by atoms with van der Waals surface area (Å²) in [6, 6.07) is 25.2. The van der Waals surface area contributed by atoms with Gasteiger partial charge in [0.1, 0.15) is 12.1 Å². The summed E-state index contributed by atoms with van der Waals surface area (Å²) in [6.07, 6.45) is 0. The maximum Gasteiger partial charge on any atom is 0.325 e. The number of imide groups is 1. The third-order valence-electron chi connectivity index (χ3n) is 5.18. The standard InChI is InChI=1S/C24H22N4O3/c1-24(17-10-4-2-5-11-17)22(30)28(23(31)27-24)16-21(29)26-20-15-9-8-14-19(20)25-18-12-6-3-7-13-18/h2-15,25H,16H2,1H3,(H,26,29)(H,27,31). The van der Waals surface area contributed by atoms with Gasteiger partial charge < -0.3 is 16.0 Å². The molecule has 31 heavy (non-hydrogen) atoms. The molecule has 0 radical (unpaired) electrons. The molecule has 0 aromatic heterocycles. The van der Waals surface area contributed by atoms with Crippen LogP contribution >= 0.6 is 0 Å². The number of urea groups is 1. The molecule has 0 bridgehead atoms. The van der Waals surface area contributed by atoms with E-state index in [-0.39, 0.29) is 6.54 Å². The zero-order chi connectivity index (χ0) is 21.8. The van der Waals surface area contributed by atoms with Crippen molar-refractivity contribution in [3.63, 3.8) is 0 Å². The summed E-state index contributed by atoms with van der Waals surface area (Å²) in [5.41, 5.74) is 1.58. The van der Waals surface area contributed by atoms with Gasteiger partial charge in [-0.05, 0) is 36.8 Å². The van der Waals surface area contributed by atoms with Crippen molar-refractivity contribution in [2.75, 3.05) is 17.2 Å². The Labute approximate surface area is 180 Å². The molecule has 4 rings (SSSR count). The van der Waals surface area contributed by atoms with Crippen molar-refractivity contribution in [1.29, 1.82) is 0 Å². The number of nitrogens with zero attached hydrogens (tertiary/aromatic N) is 1. The number of carbonyl (C=O) groups excluding carboxylic acids is 3. The molecule has 1 fully saturated rings. The Balaban J connectivity index is 1.47. The normalized spacial score (nSPS) is 17.9. The van der Waals surface area contributed by atoms with Gasteiger partial charge in [-0.1, -0.05) is 60.7 Å². The molecular weight excluding hydrogens is 392 g/mol. The van der Waals surface area contributed by atoms with Gasteiger partial charge in [-0.25, -0.2) is 4.79 Å². The van der Waals surface area contributed by atoms with Crippen LogP contribution in [0.5, 0.6) is 0 Å². The van der Waals surface area contributed by atoms with E-state index in [1.54, 1.807) is 43.3 Å². The van der Waals surface area contributed by atoms with E-state index in [4.69, 9.17) is 0 Å². The fourth-order valence-corrected chi connectivity index (χ4v) is 3.52. The average Bonchev–Trinajstić information content (AvgIpc) is 3.00. The summed E-state index contributed by atoms with van der Waals surface area (Å²) in [6.45, 7) is 1.26. The van der Waals surface area contributed by atoms with Crippen molar-refractivity contribution in [3.8, 4) is 0 Å². The zero-order valence-electron chi connectivity index (χ0n) is 17.0. The lowest BCUT2D eigenvalue weighted by Crippen LogP contribution is -2.42. The number of rotatable bonds is 6. The first-order chi connectivity index (χ1) is 15.0. The van der Waals surface area contributed by atoms with Gasteiger partial charge in [-0.15, -0.1) is 0 Å². The molecular formula is C24H22N4O3. The number of carbonyl (C=O) groups is 3. The molecule has 1 aliphatic heterocycles. The number of hydrogen-bond donors (Lipinski definition) is 3. The Hall–Kier alpha value is -4.13. The monoisotopic (exact) mass is 414 g/mol. The van der Waals surface area contributed by atoms with Gasteiger partial charge in [0.2, 0.25) is 5.91 Å². The highest BCUT2D eigenvalue weighted by Gasteiger charge is 2.49. The predicted octanol–water partition coefficient (Wildman–Crippen LogP) is 3.84. The fourth-order valence-electron chi connectivity index (χ4n) is 3.52. The molecule has 0 saturated carbocycles. The van der Waals surface area contributed by atoms with Crippen molar-refractivity contribution in [2.24, 2.45) is 0 Å². The lowest BCUT2D eigenvalue weighted by atomic mass is 9.92. The lowest BCUT2D eigenvalue weighted by molar-refractivity contribution is -0.133. The molecule has 1 unspecified atom stereocenters. The van der Waals surface area contributed by atoms with Gasteiger partial charge >= 0.3 is 6.03 Å². The Kier molecular flexibility index (Phi) is 5.41. The second kappa shape index (κ2) is 8.31. The molecule has 3 N–H and O–H groups in total. The Bertz CT molecular complexity index is 1120. The van der Waals surface area contributed by atoms with E-state index in [0.717, 1.165) is 10.6 Å². The summed E-state index contributed by atoms with van der Waals surface area (Å²) >= 11 is 0. The first-order valence-electron chi connectivity index (χ1n) is 9.88. The molecule has 0 aliphatic carbocycles. The SMILES string of the molecule is CC1(c2ccccc2)NC(=O)N(CC(=O)Nc2ccccc2Nc2ccccc2)C1=O.